The normalized spacial score (nSPS) is 15.6. The van der Waals surface area contributed by atoms with Crippen LogP contribution in [0.4, 0.5) is 5.95 Å². The summed E-state index contributed by atoms with van der Waals surface area (Å²) in [4.78, 5) is 33.7. The summed E-state index contributed by atoms with van der Waals surface area (Å²) < 4.78 is 4.64. The van der Waals surface area contributed by atoms with Gasteiger partial charge in [0.1, 0.15) is 0 Å². The van der Waals surface area contributed by atoms with E-state index < -0.39 is 5.69 Å². The fourth-order valence-electron chi connectivity index (χ4n) is 4.66. The Bertz CT molecular complexity index is 1490. The molecule has 2 aromatic carbocycles. The van der Waals surface area contributed by atoms with E-state index in [9.17, 15) is 9.59 Å². The second-order valence-electron chi connectivity index (χ2n) is 8.95. The molecule has 0 fully saturated rings. The summed E-state index contributed by atoms with van der Waals surface area (Å²) in [5.41, 5.74) is 1.96. The molecule has 0 bridgehead atoms. The van der Waals surface area contributed by atoms with Crippen LogP contribution in [0, 0.1) is 5.92 Å². The number of aromatic nitrogens is 4. The third-order valence-corrected chi connectivity index (χ3v) is 6.97. The minimum absolute atomic E-state index is 0.0608. The molecule has 2 aromatic heterocycles. The van der Waals surface area contributed by atoms with Crippen LogP contribution in [0.2, 0.25) is 10.0 Å². The molecule has 5 rings (SSSR count). The van der Waals surface area contributed by atoms with Crippen LogP contribution in [0.5, 0.6) is 0 Å². The molecule has 0 unspecified atom stereocenters. The van der Waals surface area contributed by atoms with Crippen molar-refractivity contribution in [2.45, 2.75) is 26.4 Å². The molecule has 4 aromatic rings. The number of rotatable bonds is 5. The lowest BCUT2D eigenvalue weighted by molar-refractivity contribution is 0.437. The molecule has 3 heterocycles. The van der Waals surface area contributed by atoms with Gasteiger partial charge < -0.3 is 9.47 Å². The predicted molar refractivity (Wildman–Crippen MR) is 136 cm³/mol. The third kappa shape index (κ3) is 4.03. The molecule has 1 aliphatic rings. The van der Waals surface area contributed by atoms with Gasteiger partial charge in [0.2, 0.25) is 5.95 Å². The molecule has 0 aliphatic carbocycles. The largest absolute Gasteiger partial charge is 0.342 e. The molecule has 0 amide bonds. The fourth-order valence-corrected chi connectivity index (χ4v) is 5.13. The van der Waals surface area contributed by atoms with Crippen LogP contribution >= 0.6 is 23.2 Å². The van der Waals surface area contributed by atoms with Crippen molar-refractivity contribution in [3.63, 3.8) is 0 Å². The zero-order chi connectivity index (χ0) is 24.0. The van der Waals surface area contributed by atoms with Crippen molar-refractivity contribution in [2.24, 2.45) is 13.0 Å². The number of nitrogens with zero attached hydrogens (tertiary/aromatic N) is 5. The maximum atomic E-state index is 13.6. The zero-order valence-electron chi connectivity index (χ0n) is 19.0. The van der Waals surface area contributed by atoms with E-state index in [1.807, 2.05) is 22.8 Å². The first-order chi connectivity index (χ1) is 16.3. The van der Waals surface area contributed by atoms with Crippen molar-refractivity contribution in [1.29, 1.82) is 0 Å². The van der Waals surface area contributed by atoms with Crippen LogP contribution in [-0.2, 0) is 26.6 Å². The van der Waals surface area contributed by atoms with E-state index in [2.05, 4.69) is 24.0 Å². The van der Waals surface area contributed by atoms with Crippen LogP contribution in [0.1, 0.15) is 18.1 Å². The summed E-state index contributed by atoms with van der Waals surface area (Å²) in [5, 5.41) is 0.913. The highest BCUT2D eigenvalue weighted by Gasteiger charge is 2.29. The molecule has 0 radical (unpaired) electrons. The topological polar surface area (TPSA) is 65.1 Å². The van der Waals surface area contributed by atoms with Crippen LogP contribution in [0.15, 0.2) is 58.1 Å². The molecule has 0 spiro atoms. The Hall–Kier alpha value is -3.03. The average molecular weight is 498 g/mol. The summed E-state index contributed by atoms with van der Waals surface area (Å²) in [5.74, 6) is 1.06. The number of halogens is 2. The summed E-state index contributed by atoms with van der Waals surface area (Å²) in [6.45, 7) is 4.52. The van der Waals surface area contributed by atoms with E-state index in [1.54, 1.807) is 25.2 Å². The molecule has 1 aliphatic heterocycles. The van der Waals surface area contributed by atoms with Gasteiger partial charge in [-0.15, -0.1) is 0 Å². The summed E-state index contributed by atoms with van der Waals surface area (Å²) in [7, 11) is 1.65. The van der Waals surface area contributed by atoms with E-state index in [0.717, 1.165) is 25.5 Å². The van der Waals surface area contributed by atoms with E-state index in [-0.39, 0.29) is 12.1 Å². The highest BCUT2D eigenvalue weighted by Crippen LogP contribution is 2.27. The van der Waals surface area contributed by atoms with Gasteiger partial charge in [-0.05, 0) is 35.6 Å². The maximum absolute atomic E-state index is 13.6. The molecule has 7 nitrogen and oxygen atoms in total. The Labute approximate surface area is 206 Å². The Morgan fingerprint density at radius 2 is 1.82 bits per heavy atom. The minimum atomic E-state index is -0.428. The van der Waals surface area contributed by atoms with E-state index in [4.69, 9.17) is 28.2 Å². The van der Waals surface area contributed by atoms with Gasteiger partial charge in [-0.1, -0.05) is 66.5 Å². The van der Waals surface area contributed by atoms with E-state index >= 15 is 0 Å². The van der Waals surface area contributed by atoms with Crippen LogP contribution < -0.4 is 16.1 Å². The second-order valence-corrected chi connectivity index (χ2v) is 9.79. The summed E-state index contributed by atoms with van der Waals surface area (Å²) in [6, 6.07) is 15.3. The van der Waals surface area contributed by atoms with Crippen molar-refractivity contribution in [1.82, 2.24) is 18.7 Å². The number of aryl methyl sites for hydroxylation is 1. The quantitative estimate of drug-likeness (QED) is 0.418. The number of fused-ring (bicyclic) bond motifs is 3. The van der Waals surface area contributed by atoms with Gasteiger partial charge in [-0.3, -0.25) is 13.9 Å². The van der Waals surface area contributed by atoms with E-state index in [1.165, 1.54) is 14.7 Å². The lowest BCUT2D eigenvalue weighted by Crippen LogP contribution is -2.41. The van der Waals surface area contributed by atoms with Gasteiger partial charge in [-0.2, -0.15) is 4.98 Å². The van der Waals surface area contributed by atoms with Gasteiger partial charge in [0.15, 0.2) is 11.2 Å². The molecule has 9 heteroatoms. The molecule has 34 heavy (non-hydrogen) atoms. The molecule has 0 saturated heterocycles. The number of hydrogen-bond acceptors (Lipinski definition) is 4. The van der Waals surface area contributed by atoms with Gasteiger partial charge in [-0.25, -0.2) is 4.79 Å². The standard InChI is InChI=1S/C25H25Cl2N5O2/c1-16-13-30(11-10-17-6-4-3-5-7-17)24-28-22-21(31(24)14-16)23(33)32(25(34)29(22)2)15-18-8-9-19(26)12-20(18)27/h3-9,12,16H,10-11,13-15H2,1-2H3/t16-/m1/s1. The van der Waals surface area contributed by atoms with E-state index in [0.29, 0.717) is 39.2 Å². The van der Waals surface area contributed by atoms with Crippen LogP contribution in [0.3, 0.4) is 0 Å². The van der Waals surface area contributed by atoms with Gasteiger partial charge in [0.25, 0.3) is 5.56 Å². The predicted octanol–water partition coefficient (Wildman–Crippen LogP) is 3.95. The first kappa shape index (κ1) is 22.7. The van der Waals surface area contributed by atoms with Crippen LogP contribution in [0.25, 0.3) is 11.2 Å². The van der Waals surface area contributed by atoms with Crippen molar-refractivity contribution < 1.29 is 0 Å². The third-order valence-electron chi connectivity index (χ3n) is 6.38. The lowest BCUT2D eigenvalue weighted by atomic mass is 10.1. The molecule has 176 valence electrons. The summed E-state index contributed by atoms with van der Waals surface area (Å²) >= 11 is 12.3. The first-order valence-electron chi connectivity index (χ1n) is 11.3. The molecule has 0 N–H and O–H groups in total. The number of hydrogen-bond donors (Lipinski definition) is 0. The van der Waals surface area contributed by atoms with Crippen molar-refractivity contribution >= 4 is 40.3 Å². The second kappa shape index (κ2) is 8.96. The Morgan fingerprint density at radius 1 is 1.06 bits per heavy atom. The zero-order valence-corrected chi connectivity index (χ0v) is 20.6. The molecule has 1 atom stereocenters. The first-order valence-corrected chi connectivity index (χ1v) is 12.0. The maximum Gasteiger partial charge on any atom is 0.332 e. The highest BCUT2D eigenvalue weighted by molar-refractivity contribution is 6.35. The fraction of sp³-hybridized carbons (Fsp3) is 0.320. The monoisotopic (exact) mass is 497 g/mol. The molecule has 0 saturated carbocycles. The molecular formula is C25H25Cl2N5O2. The van der Waals surface area contributed by atoms with Gasteiger partial charge in [0.05, 0.1) is 6.54 Å². The summed E-state index contributed by atoms with van der Waals surface area (Å²) in [6.07, 6.45) is 0.870. The van der Waals surface area contributed by atoms with Crippen molar-refractivity contribution in [3.8, 4) is 0 Å². The lowest BCUT2D eigenvalue weighted by Gasteiger charge is -2.33. The van der Waals surface area contributed by atoms with Gasteiger partial charge >= 0.3 is 5.69 Å². The van der Waals surface area contributed by atoms with Gasteiger partial charge in [0, 0.05) is 36.7 Å². The number of imidazole rings is 1. The van der Waals surface area contributed by atoms with Crippen molar-refractivity contribution in [2.75, 3.05) is 18.0 Å². The van der Waals surface area contributed by atoms with Crippen LogP contribution in [-0.4, -0.2) is 31.8 Å². The Morgan fingerprint density at radius 3 is 2.56 bits per heavy atom. The van der Waals surface area contributed by atoms with Crippen molar-refractivity contribution in [3.05, 3.63) is 90.5 Å². The Balaban J connectivity index is 1.59. The molecular weight excluding hydrogens is 473 g/mol. The SMILES string of the molecule is C[C@@H]1CN(CCc2ccccc2)c2nc3c(c(=O)n(Cc4ccc(Cl)cc4Cl)c(=O)n3C)n2C1. The average Bonchev–Trinajstić information content (AvgIpc) is 3.20. The highest BCUT2D eigenvalue weighted by atomic mass is 35.5. The number of benzene rings is 2. The smallest absolute Gasteiger partial charge is 0.332 e. The Kier molecular flexibility index (Phi) is 6.00. The minimum Gasteiger partial charge on any atom is -0.342 e. The number of anilines is 1.